The molecule has 0 amide bonds. The molecule has 1 heterocycles. The molecule has 1 aromatic heterocycles. The van der Waals surface area contributed by atoms with Crippen molar-refractivity contribution >= 4 is 17.3 Å². The van der Waals surface area contributed by atoms with Gasteiger partial charge in [0, 0.05) is 10.7 Å². The predicted octanol–water partition coefficient (Wildman–Crippen LogP) is 6.17. The van der Waals surface area contributed by atoms with Gasteiger partial charge in [0.25, 0.3) is 0 Å². The van der Waals surface area contributed by atoms with Crippen molar-refractivity contribution < 1.29 is 0 Å². The summed E-state index contributed by atoms with van der Waals surface area (Å²) in [7, 11) is 0. The van der Waals surface area contributed by atoms with Crippen LogP contribution in [0.15, 0.2) is 48.5 Å². The second-order valence-corrected chi connectivity index (χ2v) is 9.99. The van der Waals surface area contributed by atoms with E-state index in [4.69, 9.17) is 11.6 Å². The van der Waals surface area contributed by atoms with Crippen LogP contribution in [0.3, 0.4) is 0 Å². The van der Waals surface area contributed by atoms with Crippen LogP contribution in [-0.4, -0.2) is 20.2 Å². The zero-order valence-electron chi connectivity index (χ0n) is 18.2. The third kappa shape index (κ3) is 4.08. The Morgan fingerprint density at radius 2 is 1.70 bits per heavy atom. The molecular weight excluding hydrogens is 394 g/mol. The topological polar surface area (TPSA) is 55.6 Å². The largest absolute Gasteiger partial charge is 0.373 e. The number of tetrazole rings is 1. The highest BCUT2D eigenvalue weighted by Gasteiger charge is 2.43. The van der Waals surface area contributed by atoms with Crippen molar-refractivity contribution in [1.82, 2.24) is 20.2 Å². The maximum Gasteiger partial charge on any atom is 0.181 e. The molecule has 0 atom stereocenters. The lowest BCUT2D eigenvalue weighted by molar-refractivity contribution is 0.137. The number of nitrogens with one attached hydrogen (secondary N) is 1. The Kier molecular flexibility index (Phi) is 5.58. The van der Waals surface area contributed by atoms with E-state index in [0.717, 1.165) is 53.5 Å². The van der Waals surface area contributed by atoms with E-state index in [2.05, 4.69) is 60.7 Å². The van der Waals surface area contributed by atoms with Gasteiger partial charge in [0.05, 0.1) is 11.2 Å². The lowest BCUT2D eigenvalue weighted by Gasteiger charge is -2.44. The standard InChI is InChI=1S/C24H30ClN5/c1-17-7-5-6-8-21(17)30-22(27-28-29-30)24(26-20-11-9-19(25)10-12-20)15-13-18(14-16-24)23(2,3)4/h5-12,18,26H,13-16H2,1-4H3. The molecule has 158 valence electrons. The third-order valence-corrected chi connectivity index (χ3v) is 6.78. The van der Waals surface area contributed by atoms with Gasteiger partial charge in [-0.2, -0.15) is 4.68 Å². The average Bonchev–Trinajstić information content (AvgIpc) is 3.20. The lowest BCUT2D eigenvalue weighted by atomic mass is 9.67. The molecule has 1 aliphatic carbocycles. The van der Waals surface area contributed by atoms with Gasteiger partial charge < -0.3 is 5.32 Å². The van der Waals surface area contributed by atoms with Gasteiger partial charge in [-0.1, -0.05) is 50.6 Å². The summed E-state index contributed by atoms with van der Waals surface area (Å²) in [5.74, 6) is 1.56. The predicted molar refractivity (Wildman–Crippen MR) is 122 cm³/mol. The fraction of sp³-hybridized carbons (Fsp3) is 0.458. The van der Waals surface area contributed by atoms with Crippen molar-refractivity contribution in [1.29, 1.82) is 0 Å². The normalized spacial score (nSPS) is 22.1. The summed E-state index contributed by atoms with van der Waals surface area (Å²) in [6, 6.07) is 16.1. The number of aryl methyl sites for hydroxylation is 1. The molecule has 0 aliphatic heterocycles. The van der Waals surface area contributed by atoms with Crippen molar-refractivity contribution in [2.24, 2.45) is 11.3 Å². The summed E-state index contributed by atoms with van der Waals surface area (Å²) in [5, 5.41) is 17.6. The molecule has 3 aromatic rings. The molecule has 2 aromatic carbocycles. The molecule has 0 saturated heterocycles. The Bertz CT molecular complexity index is 995. The van der Waals surface area contributed by atoms with E-state index in [9.17, 15) is 0 Å². The van der Waals surface area contributed by atoms with Crippen LogP contribution in [0.1, 0.15) is 57.8 Å². The SMILES string of the molecule is Cc1ccccc1-n1nnnc1C1(Nc2ccc(Cl)cc2)CCC(C(C)(C)C)CC1. The van der Waals surface area contributed by atoms with Crippen molar-refractivity contribution in [3.63, 3.8) is 0 Å². The minimum absolute atomic E-state index is 0.300. The first-order chi connectivity index (χ1) is 14.3. The summed E-state index contributed by atoms with van der Waals surface area (Å²) in [4.78, 5) is 0. The quantitative estimate of drug-likeness (QED) is 0.545. The van der Waals surface area contributed by atoms with Crippen LogP contribution < -0.4 is 5.32 Å². The zero-order chi connectivity index (χ0) is 21.4. The van der Waals surface area contributed by atoms with Gasteiger partial charge in [-0.05, 0) is 90.3 Å². The number of nitrogens with zero attached hydrogens (tertiary/aromatic N) is 4. The molecule has 0 bridgehead atoms. The van der Waals surface area contributed by atoms with Gasteiger partial charge >= 0.3 is 0 Å². The number of halogens is 1. The monoisotopic (exact) mass is 423 g/mol. The second-order valence-electron chi connectivity index (χ2n) is 9.56. The van der Waals surface area contributed by atoms with E-state index in [-0.39, 0.29) is 5.54 Å². The van der Waals surface area contributed by atoms with Crippen LogP contribution in [0.4, 0.5) is 5.69 Å². The van der Waals surface area contributed by atoms with Crippen molar-refractivity contribution in [3.05, 3.63) is 64.9 Å². The van der Waals surface area contributed by atoms with Crippen LogP contribution in [0.25, 0.3) is 5.69 Å². The lowest BCUT2D eigenvalue weighted by Crippen LogP contribution is -2.43. The smallest absolute Gasteiger partial charge is 0.181 e. The molecular formula is C24H30ClN5. The molecule has 0 radical (unpaired) electrons. The Morgan fingerprint density at radius 1 is 1.03 bits per heavy atom. The number of rotatable bonds is 4. The van der Waals surface area contributed by atoms with Crippen molar-refractivity contribution in [3.8, 4) is 5.69 Å². The number of aromatic nitrogens is 4. The van der Waals surface area contributed by atoms with Crippen molar-refractivity contribution in [2.75, 3.05) is 5.32 Å². The van der Waals surface area contributed by atoms with Crippen LogP contribution in [0.2, 0.25) is 5.02 Å². The van der Waals surface area contributed by atoms with Gasteiger partial charge in [0.15, 0.2) is 5.82 Å². The van der Waals surface area contributed by atoms with Crippen molar-refractivity contribution in [2.45, 2.75) is 58.9 Å². The summed E-state index contributed by atoms with van der Waals surface area (Å²) in [6.45, 7) is 9.12. The van der Waals surface area contributed by atoms with E-state index < -0.39 is 0 Å². The van der Waals surface area contributed by atoms with Crippen LogP contribution in [0, 0.1) is 18.3 Å². The maximum absolute atomic E-state index is 6.12. The fourth-order valence-electron chi connectivity index (χ4n) is 4.64. The molecule has 30 heavy (non-hydrogen) atoms. The summed E-state index contributed by atoms with van der Waals surface area (Å²) < 4.78 is 1.91. The molecule has 5 nitrogen and oxygen atoms in total. The number of benzene rings is 2. The summed E-state index contributed by atoms with van der Waals surface area (Å²) in [6.07, 6.45) is 4.21. The number of hydrogen-bond acceptors (Lipinski definition) is 4. The van der Waals surface area contributed by atoms with E-state index in [1.165, 1.54) is 0 Å². The van der Waals surface area contributed by atoms with Crippen LogP contribution >= 0.6 is 11.6 Å². The molecule has 6 heteroatoms. The first-order valence-corrected chi connectivity index (χ1v) is 11.0. The highest BCUT2D eigenvalue weighted by atomic mass is 35.5. The Labute approximate surface area is 183 Å². The Balaban J connectivity index is 1.75. The Hall–Kier alpha value is -2.40. The molecule has 1 fully saturated rings. The molecule has 1 N–H and O–H groups in total. The van der Waals surface area contributed by atoms with E-state index >= 15 is 0 Å². The molecule has 1 saturated carbocycles. The van der Waals surface area contributed by atoms with Gasteiger partial charge in [-0.3, -0.25) is 0 Å². The number of hydrogen-bond donors (Lipinski definition) is 1. The molecule has 1 aliphatic rings. The Morgan fingerprint density at radius 3 is 2.33 bits per heavy atom. The van der Waals surface area contributed by atoms with Gasteiger partial charge in [0.2, 0.25) is 0 Å². The van der Waals surface area contributed by atoms with Crippen LogP contribution in [-0.2, 0) is 5.54 Å². The summed E-state index contributed by atoms with van der Waals surface area (Å²) >= 11 is 6.12. The highest BCUT2D eigenvalue weighted by Crippen LogP contribution is 2.46. The van der Waals surface area contributed by atoms with E-state index in [1.54, 1.807) is 0 Å². The van der Waals surface area contributed by atoms with E-state index in [1.807, 2.05) is 41.1 Å². The third-order valence-electron chi connectivity index (χ3n) is 6.53. The molecule has 4 rings (SSSR count). The molecule has 0 unspecified atom stereocenters. The van der Waals surface area contributed by atoms with Gasteiger partial charge in [0.1, 0.15) is 0 Å². The highest BCUT2D eigenvalue weighted by molar-refractivity contribution is 6.30. The summed E-state index contributed by atoms with van der Waals surface area (Å²) in [5.41, 5.74) is 3.17. The minimum atomic E-state index is -0.332. The van der Waals surface area contributed by atoms with Gasteiger partial charge in [-0.25, -0.2) is 0 Å². The van der Waals surface area contributed by atoms with Crippen LogP contribution in [0.5, 0.6) is 0 Å². The first-order valence-electron chi connectivity index (χ1n) is 10.7. The fourth-order valence-corrected chi connectivity index (χ4v) is 4.77. The van der Waals surface area contributed by atoms with E-state index in [0.29, 0.717) is 11.3 Å². The first kappa shape index (κ1) is 20.9. The average molecular weight is 424 g/mol. The number of para-hydroxylation sites is 1. The molecule has 0 spiro atoms. The second kappa shape index (κ2) is 8.03. The van der Waals surface area contributed by atoms with Gasteiger partial charge in [-0.15, -0.1) is 5.10 Å². The minimum Gasteiger partial charge on any atom is -0.373 e. The maximum atomic E-state index is 6.12. The number of anilines is 1. The zero-order valence-corrected chi connectivity index (χ0v) is 18.9.